The van der Waals surface area contributed by atoms with Crippen molar-refractivity contribution in [1.29, 1.82) is 0 Å². The van der Waals surface area contributed by atoms with E-state index < -0.39 is 11.9 Å². The van der Waals surface area contributed by atoms with Gasteiger partial charge in [-0.2, -0.15) is 9.78 Å². The normalized spacial score (nSPS) is 16.4. The van der Waals surface area contributed by atoms with Gasteiger partial charge < -0.3 is 34.3 Å². The summed E-state index contributed by atoms with van der Waals surface area (Å²) in [5, 5.41) is 19.2. The number of piperidine rings is 1. The highest BCUT2D eigenvalue weighted by atomic mass is 35.5. The summed E-state index contributed by atoms with van der Waals surface area (Å²) in [7, 11) is 0. The Labute approximate surface area is 379 Å². The Morgan fingerprint density at radius 3 is 2.40 bits per heavy atom. The van der Waals surface area contributed by atoms with E-state index >= 15 is 0 Å². The molecular weight excluding hydrogens is 855 g/mol. The second-order valence-electron chi connectivity index (χ2n) is 16.5. The summed E-state index contributed by atoms with van der Waals surface area (Å²) in [4.78, 5) is 63.4. The Kier molecular flexibility index (Phi) is 12.9. The highest BCUT2D eigenvalue weighted by molar-refractivity contribution is 6.31. The second kappa shape index (κ2) is 19.2. The van der Waals surface area contributed by atoms with Gasteiger partial charge in [0.2, 0.25) is 29.5 Å². The van der Waals surface area contributed by atoms with Crippen LogP contribution in [0.4, 0.5) is 10.1 Å². The number of imidazole rings is 1. The number of amides is 4. The van der Waals surface area contributed by atoms with Crippen molar-refractivity contribution >= 4 is 52.0 Å². The number of imide groups is 1. The van der Waals surface area contributed by atoms with Crippen molar-refractivity contribution in [2.24, 2.45) is 0 Å². The second-order valence-corrected chi connectivity index (χ2v) is 16.9. The molecule has 1 atom stereocenters. The number of aryl methyl sites for hydroxylation is 2. The number of hydrogen-bond donors (Lipinski definition) is 3. The molecule has 4 aromatic carbocycles. The van der Waals surface area contributed by atoms with Crippen LogP contribution in [-0.4, -0.2) is 117 Å². The van der Waals surface area contributed by atoms with Crippen molar-refractivity contribution in [3.05, 3.63) is 124 Å². The molecule has 6 aromatic rings. The van der Waals surface area contributed by atoms with Crippen LogP contribution in [0, 0.1) is 5.82 Å². The number of aromatic hydroxyl groups is 1. The van der Waals surface area contributed by atoms with Crippen LogP contribution in [0.3, 0.4) is 0 Å². The Morgan fingerprint density at radius 2 is 1.62 bits per heavy atom. The van der Waals surface area contributed by atoms with Gasteiger partial charge in [0, 0.05) is 73.2 Å². The third kappa shape index (κ3) is 9.75. The number of benzene rings is 4. The molecule has 2 aromatic heterocycles. The topological polar surface area (TPSA) is 175 Å². The summed E-state index contributed by atoms with van der Waals surface area (Å²) < 4.78 is 26.5. The number of carbonyl (C=O) groups is 4. The first-order chi connectivity index (χ1) is 31.6. The van der Waals surface area contributed by atoms with Gasteiger partial charge in [-0.25, -0.2) is 9.37 Å². The number of nitrogens with one attached hydrogen (secondary N) is 2. The number of anilines is 1. The van der Waals surface area contributed by atoms with E-state index in [9.17, 15) is 28.7 Å². The van der Waals surface area contributed by atoms with E-state index in [2.05, 4.69) is 20.2 Å². The smallest absolute Gasteiger partial charge is 0.255 e. The molecule has 0 aliphatic carbocycles. The Balaban J connectivity index is 0.704. The van der Waals surface area contributed by atoms with E-state index in [0.29, 0.717) is 105 Å². The fourth-order valence-electron chi connectivity index (χ4n) is 8.69. The van der Waals surface area contributed by atoms with Gasteiger partial charge in [-0.05, 0) is 97.3 Å². The highest BCUT2D eigenvalue weighted by Crippen LogP contribution is 2.34. The zero-order chi connectivity index (χ0) is 45.0. The minimum atomic E-state index is -0.653. The van der Waals surface area contributed by atoms with Crippen LogP contribution in [0.1, 0.15) is 51.9 Å². The lowest BCUT2D eigenvalue weighted by atomic mass is 9.99. The van der Waals surface area contributed by atoms with Crippen molar-refractivity contribution < 1.29 is 38.1 Å². The maximum atomic E-state index is 13.6. The van der Waals surface area contributed by atoms with Gasteiger partial charge in [0.05, 0.1) is 24.2 Å². The predicted octanol–water partition coefficient (Wildman–Crippen LogP) is 5.77. The Bertz CT molecular complexity index is 2730. The van der Waals surface area contributed by atoms with Crippen molar-refractivity contribution in [3.8, 4) is 23.1 Å². The van der Waals surface area contributed by atoms with Crippen LogP contribution < -0.4 is 10.2 Å². The lowest BCUT2D eigenvalue weighted by Crippen LogP contribution is -2.52. The zero-order valence-corrected chi connectivity index (χ0v) is 36.4. The average molecular weight is 903 g/mol. The first-order valence-electron chi connectivity index (χ1n) is 21.8. The van der Waals surface area contributed by atoms with E-state index in [-0.39, 0.29) is 42.4 Å². The molecule has 5 heterocycles. The molecular formula is C48H48ClFN8O7. The molecule has 336 valence electrons. The molecule has 0 radical (unpaired) electrons. The maximum absolute atomic E-state index is 13.6. The molecule has 1 unspecified atom stereocenters. The van der Waals surface area contributed by atoms with Crippen molar-refractivity contribution in [3.63, 3.8) is 0 Å². The van der Waals surface area contributed by atoms with Crippen LogP contribution in [0.25, 0.3) is 28.2 Å². The van der Waals surface area contributed by atoms with Crippen LogP contribution in [0.2, 0.25) is 5.02 Å². The molecule has 2 saturated heterocycles. The molecule has 2 fully saturated rings. The fourth-order valence-corrected chi connectivity index (χ4v) is 8.85. The standard InChI is InChI=1S/C48H48ClFN8O7/c49-34-10-16-39-40(27-34)52-48(51-39)58-47(63)38(14-7-31-5-11-35(50)12-6-31)44(54-58)32-8-3-30(4-9-32)2-1-23-64-24-25-65-29-43(60)56-21-19-55(20-22-56)36-13-15-37-33(26-36)28-57(46(37)62)41-17-18-42(59)53-45(41)61/h3-6,8-13,15-16,26-27,41,63H,1-2,7,14,17-25,28-29H2,(H,51,52)(H,53,59,61). The lowest BCUT2D eigenvalue weighted by Gasteiger charge is -2.36. The first kappa shape index (κ1) is 43.6. The summed E-state index contributed by atoms with van der Waals surface area (Å²) in [5.74, 6) is -0.992. The Hall–Kier alpha value is -6.62. The van der Waals surface area contributed by atoms with Gasteiger partial charge in [0.25, 0.3) is 5.91 Å². The number of fused-ring (bicyclic) bond motifs is 2. The number of carbonyl (C=O) groups excluding carboxylic acids is 4. The van der Waals surface area contributed by atoms with E-state index in [1.807, 2.05) is 42.5 Å². The van der Waals surface area contributed by atoms with Crippen LogP contribution >= 0.6 is 11.6 Å². The summed E-state index contributed by atoms with van der Waals surface area (Å²) in [6, 6.07) is 24.8. The summed E-state index contributed by atoms with van der Waals surface area (Å²) in [5.41, 5.74) is 7.94. The van der Waals surface area contributed by atoms with Gasteiger partial charge in [-0.3, -0.25) is 24.5 Å². The number of hydrogen-bond acceptors (Lipinski definition) is 10. The minimum absolute atomic E-state index is 0.0239. The number of rotatable bonds is 16. The average Bonchev–Trinajstić information content (AvgIpc) is 3.99. The molecule has 9 rings (SSSR count). The van der Waals surface area contributed by atoms with Crippen molar-refractivity contribution in [1.82, 2.24) is 34.9 Å². The summed E-state index contributed by atoms with van der Waals surface area (Å²) >= 11 is 6.19. The SMILES string of the molecule is O=C1CCC(N2Cc3cc(N4CCN(C(=O)COCCOCCCc5ccc(-c6nn(-c7nc8cc(Cl)ccc8[nH]7)c(O)c6CCc6ccc(F)cc6)cc5)CC4)ccc3C2=O)C(=O)N1. The quantitative estimate of drug-likeness (QED) is 0.0799. The number of H-pyrrole nitrogens is 1. The van der Waals surface area contributed by atoms with Gasteiger partial charge in [0.15, 0.2) is 0 Å². The molecule has 3 N–H and O–H groups in total. The van der Waals surface area contributed by atoms with E-state index in [0.717, 1.165) is 46.3 Å². The highest BCUT2D eigenvalue weighted by Gasteiger charge is 2.39. The number of piperazine rings is 1. The Morgan fingerprint density at radius 1 is 0.862 bits per heavy atom. The largest absolute Gasteiger partial charge is 0.493 e. The van der Waals surface area contributed by atoms with Gasteiger partial charge in [-0.15, -0.1) is 0 Å². The third-order valence-electron chi connectivity index (χ3n) is 12.3. The fraction of sp³-hybridized carbons (Fsp3) is 0.333. The summed E-state index contributed by atoms with van der Waals surface area (Å²) in [6.07, 6.45) is 3.14. The van der Waals surface area contributed by atoms with Gasteiger partial charge in [-0.1, -0.05) is 48.0 Å². The monoisotopic (exact) mass is 902 g/mol. The van der Waals surface area contributed by atoms with Gasteiger partial charge >= 0.3 is 0 Å². The van der Waals surface area contributed by atoms with E-state index in [1.165, 1.54) is 16.8 Å². The third-order valence-corrected chi connectivity index (χ3v) is 12.5. The number of aromatic nitrogens is 4. The summed E-state index contributed by atoms with van der Waals surface area (Å²) in [6.45, 7) is 3.84. The molecule has 17 heteroatoms. The zero-order valence-electron chi connectivity index (χ0n) is 35.6. The molecule has 15 nitrogen and oxygen atoms in total. The molecule has 3 aliphatic heterocycles. The van der Waals surface area contributed by atoms with E-state index in [4.69, 9.17) is 26.2 Å². The first-order valence-corrected chi connectivity index (χ1v) is 22.2. The molecule has 4 amide bonds. The minimum Gasteiger partial charge on any atom is -0.493 e. The van der Waals surface area contributed by atoms with Crippen LogP contribution in [-0.2, 0) is 49.7 Å². The number of aromatic amines is 1. The molecule has 0 bridgehead atoms. The van der Waals surface area contributed by atoms with Crippen molar-refractivity contribution in [2.45, 2.75) is 51.1 Å². The van der Waals surface area contributed by atoms with Crippen molar-refractivity contribution in [2.75, 3.05) is 57.5 Å². The maximum Gasteiger partial charge on any atom is 0.255 e. The molecule has 3 aliphatic rings. The van der Waals surface area contributed by atoms with E-state index in [1.54, 1.807) is 40.1 Å². The number of nitrogens with zero attached hydrogens (tertiary/aromatic N) is 6. The molecule has 65 heavy (non-hydrogen) atoms. The lowest BCUT2D eigenvalue weighted by molar-refractivity contribution is -0.138. The van der Waals surface area contributed by atoms with Crippen LogP contribution in [0.15, 0.2) is 84.9 Å². The van der Waals surface area contributed by atoms with Gasteiger partial charge in [0.1, 0.15) is 24.2 Å². The van der Waals surface area contributed by atoms with Crippen LogP contribution in [0.5, 0.6) is 5.88 Å². The molecule has 0 spiro atoms. The number of halogens is 2. The molecule has 0 saturated carbocycles. The predicted molar refractivity (Wildman–Crippen MR) is 240 cm³/mol. The number of ether oxygens (including phenoxy) is 2.